The zero-order chi connectivity index (χ0) is 12.7. The number of amides is 1. The van der Waals surface area contributed by atoms with Crippen LogP contribution in [0.3, 0.4) is 0 Å². The van der Waals surface area contributed by atoms with Crippen molar-refractivity contribution in [3.8, 4) is 0 Å². The summed E-state index contributed by atoms with van der Waals surface area (Å²) in [5.41, 5.74) is 0.195. The molecule has 2 N–H and O–H groups in total. The highest BCUT2D eigenvalue weighted by Crippen LogP contribution is 2.04. The van der Waals surface area contributed by atoms with Crippen molar-refractivity contribution in [3.63, 3.8) is 0 Å². The Balaban J connectivity index is 2.40. The van der Waals surface area contributed by atoms with Gasteiger partial charge in [-0.1, -0.05) is 18.5 Å². The number of carbonyl (C=O) groups is 1. The minimum absolute atomic E-state index is 0.195. The van der Waals surface area contributed by atoms with Crippen LogP contribution in [0.25, 0.3) is 0 Å². The summed E-state index contributed by atoms with van der Waals surface area (Å²) in [6.45, 7) is 2.47. The Labute approximate surface area is 99.9 Å². The number of aliphatic hydroxyl groups excluding tert-OH is 1. The number of hydrogen-bond donors (Lipinski definition) is 2. The molecule has 1 rings (SSSR count). The Morgan fingerprint density at radius 1 is 1.71 bits per heavy atom. The van der Waals surface area contributed by atoms with Crippen molar-refractivity contribution < 1.29 is 19.2 Å². The van der Waals surface area contributed by atoms with Crippen molar-refractivity contribution in [2.24, 2.45) is 0 Å². The number of nitrogens with one attached hydrogen (secondary N) is 1. The summed E-state index contributed by atoms with van der Waals surface area (Å²) < 4.78 is 9.73. The topological polar surface area (TPSA) is 84.6 Å². The van der Waals surface area contributed by atoms with Crippen molar-refractivity contribution in [2.45, 2.75) is 32.5 Å². The first kappa shape index (κ1) is 13.7. The van der Waals surface area contributed by atoms with Crippen molar-refractivity contribution in [2.75, 3.05) is 13.7 Å². The third-order valence-corrected chi connectivity index (χ3v) is 2.20. The summed E-state index contributed by atoms with van der Waals surface area (Å²) in [5, 5.41) is 15.7. The molecule has 0 spiro atoms. The second-order valence-corrected chi connectivity index (χ2v) is 3.76. The lowest BCUT2D eigenvalue weighted by Crippen LogP contribution is -2.32. The van der Waals surface area contributed by atoms with Crippen molar-refractivity contribution in [3.05, 3.63) is 17.5 Å². The fourth-order valence-corrected chi connectivity index (χ4v) is 1.37. The molecular weight excluding hydrogens is 224 g/mol. The van der Waals surface area contributed by atoms with Crippen LogP contribution in [0.2, 0.25) is 0 Å². The second-order valence-electron chi connectivity index (χ2n) is 3.76. The third kappa shape index (κ3) is 4.54. The fourth-order valence-electron chi connectivity index (χ4n) is 1.37. The first-order chi connectivity index (χ1) is 8.17. The standard InChI is InChI=1S/C11H18N2O4/c1-3-4-8(14)6-12-11(15)10-5-9(7-16-2)17-13-10/h5,8,14H,3-4,6-7H2,1-2H3,(H,12,15). The summed E-state index contributed by atoms with van der Waals surface area (Å²) in [6, 6.07) is 1.52. The molecule has 0 aliphatic rings. The lowest BCUT2D eigenvalue weighted by Gasteiger charge is -2.09. The number of ether oxygens (including phenoxy) is 1. The molecule has 1 unspecified atom stereocenters. The van der Waals surface area contributed by atoms with E-state index in [1.54, 1.807) is 0 Å². The zero-order valence-electron chi connectivity index (χ0n) is 10.1. The van der Waals surface area contributed by atoms with Gasteiger partial charge in [-0.3, -0.25) is 4.79 Å². The molecule has 1 aromatic rings. The molecule has 1 atom stereocenters. The predicted molar refractivity (Wildman–Crippen MR) is 60.5 cm³/mol. The van der Waals surface area contributed by atoms with Crippen LogP contribution >= 0.6 is 0 Å². The molecule has 17 heavy (non-hydrogen) atoms. The van der Waals surface area contributed by atoms with E-state index in [2.05, 4.69) is 10.5 Å². The van der Waals surface area contributed by atoms with Crippen molar-refractivity contribution in [1.29, 1.82) is 0 Å². The minimum atomic E-state index is -0.519. The van der Waals surface area contributed by atoms with Crippen LogP contribution in [0.5, 0.6) is 0 Å². The number of hydrogen-bond acceptors (Lipinski definition) is 5. The van der Waals surface area contributed by atoms with Gasteiger partial charge in [-0.2, -0.15) is 0 Å². The van der Waals surface area contributed by atoms with E-state index in [1.807, 2.05) is 6.92 Å². The van der Waals surface area contributed by atoms with Crippen molar-refractivity contribution >= 4 is 5.91 Å². The van der Waals surface area contributed by atoms with E-state index in [1.165, 1.54) is 13.2 Å². The maximum Gasteiger partial charge on any atom is 0.273 e. The second kappa shape index (κ2) is 7.03. The Morgan fingerprint density at radius 3 is 3.12 bits per heavy atom. The van der Waals surface area contributed by atoms with Gasteiger partial charge in [0.05, 0.1) is 6.10 Å². The molecule has 1 amide bonds. The van der Waals surface area contributed by atoms with Crippen LogP contribution in [0.4, 0.5) is 0 Å². The average Bonchev–Trinajstić information content (AvgIpc) is 2.75. The molecule has 6 nitrogen and oxygen atoms in total. The van der Waals surface area contributed by atoms with E-state index >= 15 is 0 Å². The molecule has 0 fully saturated rings. The zero-order valence-corrected chi connectivity index (χ0v) is 10.1. The maximum atomic E-state index is 11.6. The lowest BCUT2D eigenvalue weighted by atomic mass is 10.2. The normalized spacial score (nSPS) is 12.4. The highest BCUT2D eigenvalue weighted by Gasteiger charge is 2.13. The molecule has 0 radical (unpaired) electrons. The molecule has 0 aliphatic carbocycles. The summed E-state index contributed by atoms with van der Waals surface area (Å²) in [5.74, 6) is 0.137. The third-order valence-electron chi connectivity index (χ3n) is 2.20. The Kier molecular flexibility index (Phi) is 5.65. The van der Waals surface area contributed by atoms with E-state index in [9.17, 15) is 9.90 Å². The largest absolute Gasteiger partial charge is 0.391 e. The van der Waals surface area contributed by atoms with Crippen LogP contribution in [-0.4, -0.2) is 35.9 Å². The smallest absolute Gasteiger partial charge is 0.273 e. The first-order valence-corrected chi connectivity index (χ1v) is 5.58. The van der Waals surface area contributed by atoms with E-state index < -0.39 is 6.10 Å². The molecular formula is C11H18N2O4. The maximum absolute atomic E-state index is 11.6. The molecule has 0 bridgehead atoms. The van der Waals surface area contributed by atoms with Crippen LogP contribution in [0.1, 0.15) is 36.0 Å². The molecule has 1 heterocycles. The van der Waals surface area contributed by atoms with Crippen LogP contribution in [0, 0.1) is 0 Å². The van der Waals surface area contributed by atoms with Gasteiger partial charge in [-0.25, -0.2) is 0 Å². The molecule has 6 heteroatoms. The van der Waals surface area contributed by atoms with Gasteiger partial charge in [0.25, 0.3) is 5.91 Å². The fraction of sp³-hybridized carbons (Fsp3) is 0.636. The molecule has 1 aromatic heterocycles. The highest BCUT2D eigenvalue weighted by molar-refractivity contribution is 5.92. The summed E-state index contributed by atoms with van der Waals surface area (Å²) in [4.78, 5) is 11.6. The SMILES string of the molecule is CCCC(O)CNC(=O)c1cc(COC)on1. The van der Waals surface area contributed by atoms with E-state index in [0.717, 1.165) is 6.42 Å². The van der Waals surface area contributed by atoms with E-state index in [-0.39, 0.29) is 24.8 Å². The van der Waals surface area contributed by atoms with Gasteiger partial charge in [0, 0.05) is 19.7 Å². The molecule has 0 aromatic carbocycles. The Bertz CT molecular complexity index is 351. The van der Waals surface area contributed by atoms with E-state index in [0.29, 0.717) is 12.2 Å². The predicted octanol–water partition coefficient (Wildman–Crippen LogP) is 0.712. The molecule has 96 valence electrons. The van der Waals surface area contributed by atoms with Crippen LogP contribution in [0.15, 0.2) is 10.6 Å². The molecule has 0 saturated carbocycles. The van der Waals surface area contributed by atoms with Gasteiger partial charge >= 0.3 is 0 Å². The van der Waals surface area contributed by atoms with Gasteiger partial charge < -0.3 is 19.7 Å². The lowest BCUT2D eigenvalue weighted by molar-refractivity contribution is 0.0900. The summed E-state index contributed by atoms with van der Waals surface area (Å²) >= 11 is 0. The van der Waals surface area contributed by atoms with Crippen LogP contribution in [-0.2, 0) is 11.3 Å². The molecule has 0 saturated heterocycles. The minimum Gasteiger partial charge on any atom is -0.391 e. The Morgan fingerprint density at radius 2 is 2.47 bits per heavy atom. The number of aliphatic hydroxyl groups is 1. The van der Waals surface area contributed by atoms with Gasteiger partial charge in [0.15, 0.2) is 11.5 Å². The average molecular weight is 242 g/mol. The van der Waals surface area contributed by atoms with E-state index in [4.69, 9.17) is 9.26 Å². The Hall–Kier alpha value is -1.40. The highest BCUT2D eigenvalue weighted by atomic mass is 16.5. The number of aromatic nitrogens is 1. The first-order valence-electron chi connectivity index (χ1n) is 5.58. The van der Waals surface area contributed by atoms with Gasteiger partial charge in [0.1, 0.15) is 6.61 Å². The van der Waals surface area contributed by atoms with Gasteiger partial charge in [0.2, 0.25) is 0 Å². The number of carbonyl (C=O) groups excluding carboxylic acids is 1. The van der Waals surface area contributed by atoms with Gasteiger partial charge in [-0.05, 0) is 6.42 Å². The van der Waals surface area contributed by atoms with Gasteiger partial charge in [-0.15, -0.1) is 0 Å². The quantitative estimate of drug-likeness (QED) is 0.735. The van der Waals surface area contributed by atoms with Crippen LogP contribution < -0.4 is 5.32 Å². The number of rotatable bonds is 7. The number of nitrogens with zero attached hydrogens (tertiary/aromatic N) is 1. The summed E-state index contributed by atoms with van der Waals surface area (Å²) in [7, 11) is 1.53. The molecule has 0 aliphatic heterocycles. The summed E-state index contributed by atoms with van der Waals surface area (Å²) in [6.07, 6.45) is 1.02. The van der Waals surface area contributed by atoms with Crippen molar-refractivity contribution in [1.82, 2.24) is 10.5 Å². The monoisotopic (exact) mass is 242 g/mol. The number of methoxy groups -OCH3 is 1.